The molecule has 0 fully saturated rings. The lowest BCUT2D eigenvalue weighted by Gasteiger charge is -2.12. The summed E-state index contributed by atoms with van der Waals surface area (Å²) in [5.74, 6) is 0.554. The molecule has 1 N–H and O–H groups in total. The highest BCUT2D eigenvalue weighted by Gasteiger charge is 2.15. The Labute approximate surface area is 125 Å². The summed E-state index contributed by atoms with van der Waals surface area (Å²) in [5, 5.41) is 10.4. The number of hydrogen-bond donors (Lipinski definition) is 1. The lowest BCUT2D eigenvalue weighted by Crippen LogP contribution is -2.04. The molecule has 3 aromatic rings. The van der Waals surface area contributed by atoms with Gasteiger partial charge in [-0.25, -0.2) is 4.98 Å². The second-order valence-corrected chi connectivity index (χ2v) is 5.71. The number of aromatic nitrogens is 1. The van der Waals surface area contributed by atoms with Crippen LogP contribution in [0.3, 0.4) is 0 Å². The minimum Gasteiger partial charge on any atom is -0.441 e. The third-order valence-electron chi connectivity index (χ3n) is 3.31. The summed E-state index contributed by atoms with van der Waals surface area (Å²) in [7, 11) is 0. The van der Waals surface area contributed by atoms with Crippen LogP contribution in [-0.2, 0) is 6.42 Å². The van der Waals surface area contributed by atoms with E-state index in [-0.39, 0.29) is 0 Å². The van der Waals surface area contributed by atoms with Gasteiger partial charge >= 0.3 is 0 Å². The first-order chi connectivity index (χ1) is 9.63. The fraction of sp³-hybridized carbons (Fsp3) is 0.188. The molecule has 1 atom stereocenters. The van der Waals surface area contributed by atoms with Gasteiger partial charge in [0.1, 0.15) is 5.52 Å². The Kier molecular flexibility index (Phi) is 3.59. The molecule has 102 valence electrons. The summed E-state index contributed by atoms with van der Waals surface area (Å²) >= 11 is 3.43. The van der Waals surface area contributed by atoms with Crippen LogP contribution in [0.1, 0.15) is 23.1 Å². The number of para-hydroxylation sites is 2. The molecule has 3 rings (SSSR count). The quantitative estimate of drug-likeness (QED) is 0.783. The fourth-order valence-electron chi connectivity index (χ4n) is 2.25. The molecule has 0 saturated carbocycles. The van der Waals surface area contributed by atoms with Crippen molar-refractivity contribution in [2.24, 2.45) is 0 Å². The number of nitrogens with zero attached hydrogens (tertiary/aromatic N) is 1. The Morgan fingerprint density at radius 3 is 2.85 bits per heavy atom. The van der Waals surface area contributed by atoms with Gasteiger partial charge in [0.15, 0.2) is 11.5 Å². The van der Waals surface area contributed by atoms with Gasteiger partial charge in [-0.3, -0.25) is 0 Å². The molecule has 0 saturated heterocycles. The van der Waals surface area contributed by atoms with Gasteiger partial charge in [-0.15, -0.1) is 0 Å². The van der Waals surface area contributed by atoms with Crippen LogP contribution in [0.2, 0.25) is 0 Å². The minimum atomic E-state index is -0.624. The van der Waals surface area contributed by atoms with E-state index in [1.807, 2.05) is 49.4 Å². The molecule has 0 aliphatic rings. The highest BCUT2D eigenvalue weighted by Crippen LogP contribution is 2.26. The van der Waals surface area contributed by atoms with E-state index in [2.05, 4.69) is 20.9 Å². The molecule has 0 bridgehead atoms. The van der Waals surface area contributed by atoms with E-state index in [4.69, 9.17) is 4.42 Å². The SMILES string of the molecule is Cc1ccc(Br)cc1C(O)Cc1nc2ccccc2o1. The number of aliphatic hydroxyl groups is 1. The van der Waals surface area contributed by atoms with Crippen LogP contribution in [0.15, 0.2) is 51.4 Å². The number of hydrogen-bond acceptors (Lipinski definition) is 3. The molecule has 3 nitrogen and oxygen atoms in total. The van der Waals surface area contributed by atoms with Gasteiger partial charge in [0.2, 0.25) is 0 Å². The molecule has 2 aromatic carbocycles. The monoisotopic (exact) mass is 331 g/mol. The van der Waals surface area contributed by atoms with E-state index in [1.165, 1.54) is 0 Å². The summed E-state index contributed by atoms with van der Waals surface area (Å²) in [6.45, 7) is 1.98. The largest absolute Gasteiger partial charge is 0.441 e. The van der Waals surface area contributed by atoms with Crippen molar-refractivity contribution in [3.8, 4) is 0 Å². The molecule has 0 aliphatic carbocycles. The predicted octanol–water partition coefficient (Wildman–Crippen LogP) is 4.17. The van der Waals surface area contributed by atoms with E-state index in [1.54, 1.807) is 0 Å². The molecule has 20 heavy (non-hydrogen) atoms. The zero-order valence-corrected chi connectivity index (χ0v) is 12.6. The molecular weight excluding hydrogens is 318 g/mol. The van der Waals surface area contributed by atoms with Crippen LogP contribution in [0.4, 0.5) is 0 Å². The second-order valence-electron chi connectivity index (χ2n) is 4.80. The Hall–Kier alpha value is -1.65. The van der Waals surface area contributed by atoms with Crippen molar-refractivity contribution in [1.29, 1.82) is 0 Å². The van der Waals surface area contributed by atoms with Crippen molar-refractivity contribution >= 4 is 27.0 Å². The zero-order valence-electron chi connectivity index (χ0n) is 11.0. The maximum absolute atomic E-state index is 10.4. The highest BCUT2D eigenvalue weighted by molar-refractivity contribution is 9.10. The molecular formula is C16H14BrNO2. The zero-order chi connectivity index (χ0) is 14.1. The molecule has 0 aliphatic heterocycles. The van der Waals surface area contributed by atoms with Crippen LogP contribution in [0, 0.1) is 6.92 Å². The van der Waals surface area contributed by atoms with Crippen LogP contribution < -0.4 is 0 Å². The van der Waals surface area contributed by atoms with Crippen molar-refractivity contribution in [2.75, 3.05) is 0 Å². The average molecular weight is 332 g/mol. The fourth-order valence-corrected chi connectivity index (χ4v) is 2.63. The first-order valence-electron chi connectivity index (χ1n) is 6.42. The maximum Gasteiger partial charge on any atom is 0.198 e. The summed E-state index contributed by atoms with van der Waals surface area (Å²) < 4.78 is 6.60. The van der Waals surface area contributed by atoms with Gasteiger partial charge in [0.25, 0.3) is 0 Å². The number of aliphatic hydroxyl groups excluding tert-OH is 1. The first kappa shape index (κ1) is 13.3. The first-order valence-corrected chi connectivity index (χ1v) is 7.21. The van der Waals surface area contributed by atoms with Crippen LogP contribution in [0.25, 0.3) is 11.1 Å². The average Bonchev–Trinajstić information content (AvgIpc) is 2.83. The number of oxazole rings is 1. The summed E-state index contributed by atoms with van der Waals surface area (Å²) in [6, 6.07) is 13.5. The molecule has 0 radical (unpaired) electrons. The van der Waals surface area contributed by atoms with Gasteiger partial charge in [0.05, 0.1) is 12.5 Å². The Morgan fingerprint density at radius 1 is 1.25 bits per heavy atom. The van der Waals surface area contributed by atoms with Crippen molar-refractivity contribution < 1.29 is 9.52 Å². The standard InChI is InChI=1S/C16H14BrNO2/c1-10-6-7-11(17)8-12(10)14(19)9-16-18-13-4-2-3-5-15(13)20-16/h2-8,14,19H,9H2,1H3. The number of rotatable bonds is 3. The van der Waals surface area contributed by atoms with Crippen molar-refractivity contribution in [3.05, 3.63) is 64.0 Å². The predicted molar refractivity (Wildman–Crippen MR) is 81.6 cm³/mol. The number of benzene rings is 2. The van der Waals surface area contributed by atoms with Crippen molar-refractivity contribution in [1.82, 2.24) is 4.98 Å². The Bertz CT molecular complexity index is 718. The molecule has 4 heteroatoms. The molecule has 0 amide bonds. The minimum absolute atomic E-state index is 0.367. The van der Waals surface area contributed by atoms with E-state index >= 15 is 0 Å². The lowest BCUT2D eigenvalue weighted by atomic mass is 10.0. The van der Waals surface area contributed by atoms with Gasteiger partial charge in [-0.05, 0) is 42.3 Å². The van der Waals surface area contributed by atoms with Gasteiger partial charge in [-0.2, -0.15) is 0 Å². The summed E-state index contributed by atoms with van der Waals surface area (Å²) in [4.78, 5) is 4.39. The molecule has 1 aromatic heterocycles. The van der Waals surface area contributed by atoms with Crippen LogP contribution in [-0.4, -0.2) is 10.1 Å². The maximum atomic E-state index is 10.4. The third kappa shape index (κ3) is 2.62. The number of aryl methyl sites for hydroxylation is 1. The molecule has 1 heterocycles. The van der Waals surface area contributed by atoms with Gasteiger partial charge in [0, 0.05) is 4.47 Å². The Morgan fingerprint density at radius 2 is 2.05 bits per heavy atom. The number of halogens is 1. The van der Waals surface area contributed by atoms with Crippen LogP contribution in [0.5, 0.6) is 0 Å². The summed E-state index contributed by atoms with van der Waals surface area (Å²) in [5.41, 5.74) is 3.51. The smallest absolute Gasteiger partial charge is 0.198 e. The van der Waals surface area contributed by atoms with Crippen molar-refractivity contribution in [2.45, 2.75) is 19.4 Å². The van der Waals surface area contributed by atoms with E-state index in [9.17, 15) is 5.11 Å². The third-order valence-corrected chi connectivity index (χ3v) is 3.80. The topological polar surface area (TPSA) is 46.3 Å². The van der Waals surface area contributed by atoms with Gasteiger partial charge in [-0.1, -0.05) is 34.1 Å². The molecule has 1 unspecified atom stereocenters. The summed E-state index contributed by atoms with van der Waals surface area (Å²) in [6.07, 6.45) is -0.257. The van der Waals surface area contributed by atoms with Crippen molar-refractivity contribution in [3.63, 3.8) is 0 Å². The van der Waals surface area contributed by atoms with E-state index in [0.29, 0.717) is 12.3 Å². The van der Waals surface area contributed by atoms with E-state index < -0.39 is 6.10 Å². The highest BCUT2D eigenvalue weighted by atomic mass is 79.9. The van der Waals surface area contributed by atoms with E-state index in [0.717, 1.165) is 26.7 Å². The number of fused-ring (bicyclic) bond motifs is 1. The Balaban J connectivity index is 1.88. The lowest BCUT2D eigenvalue weighted by molar-refractivity contribution is 0.168. The normalized spacial score (nSPS) is 12.8. The second kappa shape index (κ2) is 5.38. The molecule has 0 spiro atoms. The van der Waals surface area contributed by atoms with Gasteiger partial charge < -0.3 is 9.52 Å². The van der Waals surface area contributed by atoms with Crippen LogP contribution >= 0.6 is 15.9 Å².